The molecular formula is C26H25N3O3S. The van der Waals surface area contributed by atoms with Crippen LogP contribution >= 0.6 is 11.8 Å². The first kappa shape index (κ1) is 22.5. The van der Waals surface area contributed by atoms with Crippen molar-refractivity contribution in [3.05, 3.63) is 89.6 Å². The van der Waals surface area contributed by atoms with Gasteiger partial charge in [0.2, 0.25) is 0 Å². The van der Waals surface area contributed by atoms with Gasteiger partial charge in [-0.05, 0) is 54.6 Å². The third-order valence-electron chi connectivity index (χ3n) is 5.53. The quantitative estimate of drug-likeness (QED) is 0.385. The van der Waals surface area contributed by atoms with E-state index in [1.807, 2.05) is 61.7 Å². The van der Waals surface area contributed by atoms with Crippen LogP contribution in [0.1, 0.15) is 21.5 Å². The minimum atomic E-state index is -0.343. The van der Waals surface area contributed by atoms with Crippen molar-refractivity contribution in [1.82, 2.24) is 14.7 Å². The Morgan fingerprint density at radius 2 is 1.76 bits per heavy atom. The monoisotopic (exact) mass is 459 g/mol. The van der Waals surface area contributed by atoms with Crippen molar-refractivity contribution in [2.75, 3.05) is 13.3 Å². The number of nitrogens with zero attached hydrogens (tertiary/aromatic N) is 3. The second-order valence-electron chi connectivity index (χ2n) is 7.81. The Hall–Kier alpha value is -3.71. The van der Waals surface area contributed by atoms with Gasteiger partial charge in [0.1, 0.15) is 11.5 Å². The van der Waals surface area contributed by atoms with Crippen molar-refractivity contribution < 1.29 is 15.0 Å². The molecule has 0 bridgehead atoms. The lowest BCUT2D eigenvalue weighted by Crippen LogP contribution is -2.26. The number of carbonyl (C=O) groups is 1. The normalized spacial score (nSPS) is 10.9. The summed E-state index contributed by atoms with van der Waals surface area (Å²) >= 11 is 1.66. The second-order valence-corrected chi connectivity index (χ2v) is 8.69. The van der Waals surface area contributed by atoms with Crippen molar-refractivity contribution in [2.45, 2.75) is 18.4 Å². The van der Waals surface area contributed by atoms with E-state index >= 15 is 0 Å². The molecule has 6 nitrogen and oxygen atoms in total. The number of amides is 1. The molecule has 3 aromatic carbocycles. The molecule has 0 fully saturated rings. The zero-order valence-electron chi connectivity index (χ0n) is 18.7. The Morgan fingerprint density at radius 1 is 1.03 bits per heavy atom. The van der Waals surface area contributed by atoms with Gasteiger partial charge in [-0.3, -0.25) is 4.79 Å². The Balaban J connectivity index is 1.68. The lowest BCUT2D eigenvalue weighted by atomic mass is 10.0. The minimum absolute atomic E-state index is 0.114. The van der Waals surface area contributed by atoms with E-state index in [4.69, 9.17) is 0 Å². The van der Waals surface area contributed by atoms with Crippen LogP contribution in [0.5, 0.6) is 11.5 Å². The predicted molar refractivity (Wildman–Crippen MR) is 131 cm³/mol. The van der Waals surface area contributed by atoms with Crippen LogP contribution in [0.25, 0.3) is 16.9 Å². The first-order valence-electron chi connectivity index (χ1n) is 10.4. The molecule has 0 aliphatic carbocycles. The summed E-state index contributed by atoms with van der Waals surface area (Å²) in [6, 6.07) is 20.3. The number of phenolic OH excluding ortho intramolecular Hbond substituents is 2. The van der Waals surface area contributed by atoms with Gasteiger partial charge in [0.25, 0.3) is 5.91 Å². The predicted octanol–water partition coefficient (Wildman–Crippen LogP) is 5.25. The molecule has 0 aliphatic rings. The summed E-state index contributed by atoms with van der Waals surface area (Å²) in [5.74, 6) is -0.743. The number of phenols is 2. The molecule has 7 heteroatoms. The van der Waals surface area contributed by atoms with E-state index in [0.29, 0.717) is 17.8 Å². The number of benzene rings is 3. The smallest absolute Gasteiger partial charge is 0.257 e. The summed E-state index contributed by atoms with van der Waals surface area (Å²) in [5, 5.41) is 25.5. The van der Waals surface area contributed by atoms with E-state index < -0.39 is 0 Å². The van der Waals surface area contributed by atoms with Crippen LogP contribution in [0.3, 0.4) is 0 Å². The van der Waals surface area contributed by atoms with Gasteiger partial charge in [0.15, 0.2) is 0 Å². The van der Waals surface area contributed by atoms with E-state index in [1.54, 1.807) is 40.7 Å². The highest BCUT2D eigenvalue weighted by atomic mass is 32.2. The average Bonchev–Trinajstić information content (AvgIpc) is 3.29. The third-order valence-corrected chi connectivity index (χ3v) is 6.28. The summed E-state index contributed by atoms with van der Waals surface area (Å²) < 4.78 is 1.71. The Bertz CT molecular complexity index is 1300. The maximum Gasteiger partial charge on any atom is 0.257 e. The van der Waals surface area contributed by atoms with Crippen LogP contribution in [-0.4, -0.2) is 44.1 Å². The molecule has 1 aromatic heterocycles. The summed E-state index contributed by atoms with van der Waals surface area (Å²) in [5.41, 5.74) is 4.01. The summed E-state index contributed by atoms with van der Waals surface area (Å²) in [6.07, 6.45) is 3.65. The van der Waals surface area contributed by atoms with Crippen LogP contribution in [0, 0.1) is 6.92 Å². The van der Waals surface area contributed by atoms with E-state index in [0.717, 1.165) is 21.7 Å². The highest BCUT2D eigenvalue weighted by molar-refractivity contribution is 7.98. The van der Waals surface area contributed by atoms with Crippen LogP contribution < -0.4 is 0 Å². The average molecular weight is 460 g/mol. The zero-order valence-corrected chi connectivity index (χ0v) is 19.5. The molecule has 4 rings (SSSR count). The zero-order chi connectivity index (χ0) is 23.5. The van der Waals surface area contributed by atoms with Crippen LogP contribution in [0.4, 0.5) is 0 Å². The van der Waals surface area contributed by atoms with Gasteiger partial charge in [0, 0.05) is 30.1 Å². The van der Waals surface area contributed by atoms with Gasteiger partial charge in [-0.2, -0.15) is 5.10 Å². The number of carbonyl (C=O) groups excluding carboxylic acids is 1. The molecule has 0 saturated carbocycles. The molecule has 0 unspecified atom stereocenters. The van der Waals surface area contributed by atoms with Crippen molar-refractivity contribution in [3.63, 3.8) is 0 Å². The van der Waals surface area contributed by atoms with Crippen LogP contribution in [-0.2, 0) is 6.54 Å². The molecule has 168 valence electrons. The van der Waals surface area contributed by atoms with Crippen LogP contribution in [0.15, 0.2) is 77.8 Å². The van der Waals surface area contributed by atoms with E-state index in [1.165, 1.54) is 12.1 Å². The van der Waals surface area contributed by atoms with E-state index in [2.05, 4.69) is 5.10 Å². The van der Waals surface area contributed by atoms with Gasteiger partial charge in [0.05, 0.1) is 23.1 Å². The Labute approximate surface area is 197 Å². The number of rotatable bonds is 6. The second kappa shape index (κ2) is 9.42. The van der Waals surface area contributed by atoms with E-state index in [-0.39, 0.29) is 23.0 Å². The topological polar surface area (TPSA) is 78.6 Å². The molecular weight excluding hydrogens is 434 g/mol. The molecule has 33 heavy (non-hydrogen) atoms. The highest BCUT2D eigenvalue weighted by Gasteiger charge is 2.21. The van der Waals surface area contributed by atoms with Gasteiger partial charge < -0.3 is 15.1 Å². The number of hydrogen-bond donors (Lipinski definition) is 2. The first-order valence-corrected chi connectivity index (χ1v) is 11.7. The molecule has 4 aromatic rings. The lowest BCUT2D eigenvalue weighted by Gasteiger charge is -2.19. The third kappa shape index (κ3) is 4.59. The molecule has 0 atom stereocenters. The molecule has 1 heterocycles. The van der Waals surface area contributed by atoms with Gasteiger partial charge in [-0.15, -0.1) is 11.8 Å². The highest BCUT2D eigenvalue weighted by Crippen LogP contribution is 2.36. The molecule has 2 N–H and O–H groups in total. The number of aromatic hydroxyl groups is 2. The molecule has 0 radical (unpaired) electrons. The van der Waals surface area contributed by atoms with Crippen molar-refractivity contribution in [3.8, 4) is 28.4 Å². The van der Waals surface area contributed by atoms with E-state index in [9.17, 15) is 15.0 Å². The molecule has 0 spiro atoms. The Kier molecular flexibility index (Phi) is 6.42. The molecule has 0 aliphatic heterocycles. The number of aromatic nitrogens is 2. The fraction of sp³-hybridized carbons (Fsp3) is 0.154. The van der Waals surface area contributed by atoms with Crippen molar-refractivity contribution >= 4 is 17.7 Å². The largest absolute Gasteiger partial charge is 0.507 e. The summed E-state index contributed by atoms with van der Waals surface area (Å²) in [6.45, 7) is 2.37. The maximum absolute atomic E-state index is 13.2. The fourth-order valence-electron chi connectivity index (χ4n) is 3.74. The van der Waals surface area contributed by atoms with Crippen molar-refractivity contribution in [2.24, 2.45) is 0 Å². The van der Waals surface area contributed by atoms with Crippen molar-refractivity contribution in [1.29, 1.82) is 0 Å². The molecule has 0 saturated heterocycles. The number of hydrogen-bond acceptors (Lipinski definition) is 5. The molecule has 1 amide bonds. The Morgan fingerprint density at radius 3 is 2.45 bits per heavy atom. The van der Waals surface area contributed by atoms with Gasteiger partial charge in [-0.25, -0.2) is 4.68 Å². The number of thioether (sulfide) groups is 1. The SMILES string of the molecule is CSc1ccc(CN(C)C(=O)c2cc(-c3ccnn3-c3ccccc3C)c(O)cc2O)cc1. The maximum atomic E-state index is 13.2. The van der Waals surface area contributed by atoms with Gasteiger partial charge >= 0.3 is 0 Å². The minimum Gasteiger partial charge on any atom is -0.507 e. The van der Waals surface area contributed by atoms with Gasteiger partial charge in [-0.1, -0.05) is 30.3 Å². The standard InChI is InChI=1S/C26H25N3O3S/c1-17-6-4-5-7-22(17)29-23(12-13-27-29)20-14-21(25(31)15-24(20)30)26(32)28(2)16-18-8-10-19(33-3)11-9-18/h4-15,30-31H,16H2,1-3H3. The fourth-order valence-corrected chi connectivity index (χ4v) is 4.14. The summed E-state index contributed by atoms with van der Waals surface area (Å²) in [4.78, 5) is 15.9. The summed E-state index contributed by atoms with van der Waals surface area (Å²) in [7, 11) is 1.69. The number of para-hydroxylation sites is 1. The van der Waals surface area contributed by atoms with Crippen LogP contribution in [0.2, 0.25) is 0 Å². The first-order chi connectivity index (χ1) is 15.9. The lowest BCUT2D eigenvalue weighted by molar-refractivity contribution is 0.0782. The number of aryl methyl sites for hydroxylation is 1.